The molecule has 1 aromatic rings. The van der Waals surface area contributed by atoms with Crippen molar-refractivity contribution in [2.24, 2.45) is 0 Å². The number of hydrogen-bond acceptors (Lipinski definition) is 5. The predicted octanol–water partition coefficient (Wildman–Crippen LogP) is 2.47. The van der Waals surface area contributed by atoms with Crippen LogP contribution in [0.15, 0.2) is 23.1 Å². The molecule has 0 bridgehead atoms. The van der Waals surface area contributed by atoms with Gasteiger partial charge in [0.2, 0.25) is 0 Å². The molecule has 0 radical (unpaired) electrons. The van der Waals surface area contributed by atoms with Crippen molar-refractivity contribution in [1.29, 1.82) is 0 Å². The topological polar surface area (TPSA) is 80.3 Å². The smallest absolute Gasteiger partial charge is 0.311 e. The van der Waals surface area contributed by atoms with Crippen LogP contribution in [0.25, 0.3) is 0 Å². The van der Waals surface area contributed by atoms with Crippen LogP contribution in [0.2, 0.25) is 10.0 Å². The van der Waals surface area contributed by atoms with Gasteiger partial charge in [-0.3, -0.25) is 0 Å². The molecule has 12 heteroatoms. The van der Waals surface area contributed by atoms with Crippen molar-refractivity contribution in [3.8, 4) is 0 Å². The van der Waals surface area contributed by atoms with Gasteiger partial charge in [-0.1, -0.05) is 23.2 Å². The van der Waals surface area contributed by atoms with Crippen LogP contribution in [-0.4, -0.2) is 52.4 Å². The maximum atomic E-state index is 12.7. The van der Waals surface area contributed by atoms with E-state index in [0.717, 1.165) is 6.07 Å². The van der Waals surface area contributed by atoms with E-state index in [0.29, 0.717) is 0 Å². The number of sulfone groups is 2. The molecule has 0 aromatic heterocycles. The minimum absolute atomic E-state index is 0.0230. The Morgan fingerprint density at radius 3 is 2.36 bits per heavy atom. The first-order chi connectivity index (χ1) is 11.3. The standard InChI is InChI=1S/C13H14Cl2F3NO4S2/c14-9-2-1-8(5-10(9)15)25(22,23)12-7-24(20,21)6-11(12)19-4-3-13(16,17)18/h1-2,5,11-12,19H,3-4,6-7H2/t11-,12-/m0/s1. The van der Waals surface area contributed by atoms with Crippen LogP contribution in [-0.2, 0) is 19.7 Å². The first-order valence-electron chi connectivity index (χ1n) is 7.01. The zero-order valence-corrected chi connectivity index (χ0v) is 15.7. The average Bonchev–Trinajstić information content (AvgIpc) is 2.76. The van der Waals surface area contributed by atoms with Gasteiger partial charge in [-0.15, -0.1) is 0 Å². The molecular formula is C13H14Cl2F3NO4S2. The minimum atomic E-state index is -4.43. The van der Waals surface area contributed by atoms with E-state index in [4.69, 9.17) is 23.2 Å². The van der Waals surface area contributed by atoms with Gasteiger partial charge in [0, 0.05) is 12.6 Å². The molecule has 1 heterocycles. The van der Waals surface area contributed by atoms with Crippen LogP contribution in [0.4, 0.5) is 13.2 Å². The highest BCUT2D eigenvalue weighted by atomic mass is 35.5. The molecule has 0 saturated carbocycles. The van der Waals surface area contributed by atoms with Gasteiger partial charge in [0.25, 0.3) is 0 Å². The van der Waals surface area contributed by atoms with Crippen molar-refractivity contribution in [2.75, 3.05) is 18.1 Å². The third kappa shape index (κ3) is 5.22. The van der Waals surface area contributed by atoms with E-state index in [1.54, 1.807) is 0 Å². The summed E-state index contributed by atoms with van der Waals surface area (Å²) in [6.45, 7) is -0.572. The number of halogens is 5. The van der Waals surface area contributed by atoms with Crippen LogP contribution in [0.5, 0.6) is 0 Å². The Hall–Kier alpha value is -0.550. The van der Waals surface area contributed by atoms with Crippen molar-refractivity contribution in [3.63, 3.8) is 0 Å². The molecule has 1 aromatic carbocycles. The predicted molar refractivity (Wildman–Crippen MR) is 88.6 cm³/mol. The molecule has 25 heavy (non-hydrogen) atoms. The maximum absolute atomic E-state index is 12.7. The summed E-state index contributed by atoms with van der Waals surface area (Å²) in [6.07, 6.45) is -5.62. The second-order valence-corrected chi connectivity index (χ2v) is 10.8. The lowest BCUT2D eigenvalue weighted by atomic mass is 10.2. The molecule has 5 nitrogen and oxygen atoms in total. The number of benzene rings is 1. The molecule has 1 N–H and O–H groups in total. The molecular weight excluding hydrogens is 426 g/mol. The summed E-state index contributed by atoms with van der Waals surface area (Å²) in [5, 5.41) is 1.11. The molecule has 1 aliphatic heterocycles. The van der Waals surface area contributed by atoms with Gasteiger partial charge in [0.05, 0.1) is 38.1 Å². The molecule has 0 unspecified atom stereocenters. The van der Waals surface area contributed by atoms with Crippen LogP contribution in [0, 0.1) is 0 Å². The summed E-state index contributed by atoms with van der Waals surface area (Å²) in [5.74, 6) is -1.21. The van der Waals surface area contributed by atoms with E-state index < -0.39 is 61.6 Å². The lowest BCUT2D eigenvalue weighted by Crippen LogP contribution is -2.44. The lowest BCUT2D eigenvalue weighted by molar-refractivity contribution is -0.133. The molecule has 1 fully saturated rings. The van der Waals surface area contributed by atoms with Crippen LogP contribution >= 0.6 is 23.2 Å². The van der Waals surface area contributed by atoms with Crippen LogP contribution < -0.4 is 5.32 Å². The largest absolute Gasteiger partial charge is 0.390 e. The zero-order valence-electron chi connectivity index (χ0n) is 12.6. The quantitative estimate of drug-likeness (QED) is 0.761. The van der Waals surface area contributed by atoms with Crippen molar-refractivity contribution in [3.05, 3.63) is 28.2 Å². The minimum Gasteiger partial charge on any atom is -0.311 e. The van der Waals surface area contributed by atoms with Crippen molar-refractivity contribution in [2.45, 2.75) is 28.8 Å². The monoisotopic (exact) mass is 439 g/mol. The first-order valence-corrected chi connectivity index (χ1v) is 11.1. The van der Waals surface area contributed by atoms with E-state index in [-0.39, 0.29) is 14.9 Å². The Labute approximate surface area is 153 Å². The lowest BCUT2D eigenvalue weighted by Gasteiger charge is -2.20. The van der Waals surface area contributed by atoms with Gasteiger partial charge < -0.3 is 5.32 Å². The second-order valence-electron chi connectivity index (χ2n) is 5.66. The van der Waals surface area contributed by atoms with E-state index in [1.807, 2.05) is 0 Å². The molecule has 0 amide bonds. The Balaban J connectivity index is 2.27. The summed E-state index contributed by atoms with van der Waals surface area (Å²) in [7, 11) is -7.83. The first kappa shape index (κ1) is 20.8. The molecule has 142 valence electrons. The number of rotatable bonds is 5. The summed E-state index contributed by atoms with van der Waals surface area (Å²) in [4.78, 5) is -0.230. The third-order valence-corrected chi connectivity index (χ3v) is 8.62. The van der Waals surface area contributed by atoms with Gasteiger partial charge in [-0.25, -0.2) is 16.8 Å². The zero-order chi connectivity index (χ0) is 19.0. The van der Waals surface area contributed by atoms with Gasteiger partial charge in [-0.05, 0) is 18.2 Å². The fourth-order valence-corrected chi connectivity index (χ4v) is 7.64. The summed E-state index contributed by atoms with van der Waals surface area (Å²) in [5.41, 5.74) is 0. The third-order valence-electron chi connectivity index (χ3n) is 3.73. The van der Waals surface area contributed by atoms with Crippen molar-refractivity contribution in [1.82, 2.24) is 5.32 Å². The number of alkyl halides is 3. The van der Waals surface area contributed by atoms with Crippen LogP contribution in [0.3, 0.4) is 0 Å². The van der Waals surface area contributed by atoms with Crippen LogP contribution in [0.1, 0.15) is 6.42 Å². The summed E-state index contributed by atoms with van der Waals surface area (Å²) in [6, 6.07) is 2.40. The number of nitrogens with one attached hydrogen (secondary N) is 1. The molecule has 0 aliphatic carbocycles. The highest BCUT2D eigenvalue weighted by Crippen LogP contribution is 2.30. The summed E-state index contributed by atoms with van der Waals surface area (Å²) < 4.78 is 85.9. The Morgan fingerprint density at radius 1 is 1.16 bits per heavy atom. The highest BCUT2D eigenvalue weighted by molar-refractivity contribution is 7.96. The molecule has 0 spiro atoms. The van der Waals surface area contributed by atoms with E-state index in [2.05, 4.69) is 5.32 Å². The molecule has 1 saturated heterocycles. The Morgan fingerprint density at radius 2 is 1.80 bits per heavy atom. The van der Waals surface area contributed by atoms with Gasteiger partial charge in [0.1, 0.15) is 0 Å². The Kier molecular flexibility index (Phi) is 6.00. The van der Waals surface area contributed by atoms with E-state index in [1.165, 1.54) is 12.1 Å². The molecule has 2 rings (SSSR count). The molecule has 1 aliphatic rings. The fourth-order valence-electron chi connectivity index (χ4n) is 2.54. The van der Waals surface area contributed by atoms with Gasteiger partial charge in [-0.2, -0.15) is 13.2 Å². The summed E-state index contributed by atoms with van der Waals surface area (Å²) >= 11 is 11.5. The van der Waals surface area contributed by atoms with E-state index >= 15 is 0 Å². The fraction of sp³-hybridized carbons (Fsp3) is 0.538. The second kappa shape index (κ2) is 7.22. The highest BCUT2D eigenvalue weighted by Gasteiger charge is 2.46. The number of hydrogen-bond donors (Lipinski definition) is 1. The normalized spacial score (nSPS) is 23.7. The SMILES string of the molecule is O=S1(=O)C[C@H](NCCC(F)(F)F)[C@@H](S(=O)(=O)c2ccc(Cl)c(Cl)c2)C1. The van der Waals surface area contributed by atoms with Gasteiger partial charge in [0.15, 0.2) is 19.7 Å². The average molecular weight is 440 g/mol. The van der Waals surface area contributed by atoms with Crippen molar-refractivity contribution < 1.29 is 30.0 Å². The Bertz CT molecular complexity index is 857. The van der Waals surface area contributed by atoms with Gasteiger partial charge >= 0.3 is 6.18 Å². The van der Waals surface area contributed by atoms with Crippen molar-refractivity contribution >= 4 is 42.9 Å². The maximum Gasteiger partial charge on any atom is 0.390 e. The molecule has 2 atom stereocenters. The van der Waals surface area contributed by atoms with E-state index in [9.17, 15) is 30.0 Å².